The monoisotopic (exact) mass is 548 g/mol. The minimum Gasteiger partial charge on any atom is -0.455 e. The first-order valence-electron chi connectivity index (χ1n) is 14.1. The molecule has 0 radical (unpaired) electrons. The van der Waals surface area contributed by atoms with Crippen LogP contribution in [-0.4, -0.2) is 9.13 Å². The largest absolute Gasteiger partial charge is 0.455 e. The van der Waals surface area contributed by atoms with Crippen molar-refractivity contribution in [2.45, 2.75) is 0 Å². The molecule has 43 heavy (non-hydrogen) atoms. The number of para-hydroxylation sites is 3. The molecular formula is C38H20N4O. The Hall–Kier alpha value is -6.30. The molecule has 0 saturated heterocycles. The van der Waals surface area contributed by atoms with E-state index in [4.69, 9.17) is 4.42 Å². The molecule has 3 aromatic heterocycles. The van der Waals surface area contributed by atoms with Gasteiger partial charge in [-0.1, -0.05) is 54.6 Å². The number of fused-ring (bicyclic) bond motifs is 10. The minimum atomic E-state index is 0.349. The molecule has 3 heterocycles. The van der Waals surface area contributed by atoms with Gasteiger partial charge in [-0.25, -0.2) is 0 Å². The smallest absolute Gasteiger partial charge is 0.145 e. The van der Waals surface area contributed by atoms with Crippen molar-refractivity contribution >= 4 is 65.6 Å². The van der Waals surface area contributed by atoms with Gasteiger partial charge in [-0.05, 0) is 66.7 Å². The first kappa shape index (κ1) is 23.4. The highest BCUT2D eigenvalue weighted by Gasteiger charge is 2.21. The first-order valence-corrected chi connectivity index (χ1v) is 14.1. The molecule has 0 unspecified atom stereocenters. The molecule has 0 fully saturated rings. The molecule has 198 valence electrons. The first-order chi connectivity index (χ1) is 21.2. The zero-order chi connectivity index (χ0) is 28.7. The quantitative estimate of drug-likeness (QED) is 0.216. The molecular weight excluding hydrogens is 528 g/mol. The average Bonchev–Trinajstić information content (AvgIpc) is 3.71. The van der Waals surface area contributed by atoms with Gasteiger partial charge in [0.05, 0.1) is 38.6 Å². The summed E-state index contributed by atoms with van der Waals surface area (Å²) in [6.45, 7) is 0. The summed E-state index contributed by atoms with van der Waals surface area (Å²) in [5.74, 6) is 0. The van der Waals surface area contributed by atoms with Crippen LogP contribution in [0.2, 0.25) is 0 Å². The minimum absolute atomic E-state index is 0.349. The summed E-state index contributed by atoms with van der Waals surface area (Å²) < 4.78 is 11.0. The second-order valence-electron chi connectivity index (χ2n) is 10.8. The zero-order valence-electron chi connectivity index (χ0n) is 22.7. The van der Waals surface area contributed by atoms with E-state index in [9.17, 15) is 10.5 Å². The molecule has 0 atom stereocenters. The van der Waals surface area contributed by atoms with Crippen molar-refractivity contribution in [3.8, 4) is 23.5 Å². The lowest BCUT2D eigenvalue weighted by Crippen LogP contribution is -1.97. The van der Waals surface area contributed by atoms with Gasteiger partial charge in [0.1, 0.15) is 23.3 Å². The molecule has 9 rings (SSSR count). The molecule has 0 N–H and O–H groups in total. The van der Waals surface area contributed by atoms with E-state index in [1.54, 1.807) is 12.1 Å². The number of hydrogen-bond acceptors (Lipinski definition) is 3. The van der Waals surface area contributed by atoms with Gasteiger partial charge in [-0.2, -0.15) is 10.5 Å². The van der Waals surface area contributed by atoms with Crippen molar-refractivity contribution in [2.75, 3.05) is 0 Å². The summed E-state index contributed by atoms with van der Waals surface area (Å²) in [6, 6.07) is 45.7. The summed E-state index contributed by atoms with van der Waals surface area (Å²) in [4.78, 5) is 0. The SMILES string of the molecule is N#Cc1ccc(-n2c3ccc(-n4c5ccccc5c5ccccc54)cc3c3c4oc5ccccc5c4ccc32)cc1C#N. The van der Waals surface area contributed by atoms with Crippen LogP contribution in [0.1, 0.15) is 11.1 Å². The maximum absolute atomic E-state index is 9.81. The number of nitriles is 2. The highest BCUT2D eigenvalue weighted by atomic mass is 16.3. The summed E-state index contributed by atoms with van der Waals surface area (Å²) in [7, 11) is 0. The lowest BCUT2D eigenvalue weighted by molar-refractivity contribution is 0.673. The van der Waals surface area contributed by atoms with Crippen molar-refractivity contribution in [2.24, 2.45) is 0 Å². The second-order valence-corrected chi connectivity index (χ2v) is 10.8. The third kappa shape index (κ3) is 3.14. The van der Waals surface area contributed by atoms with Crippen LogP contribution in [0.3, 0.4) is 0 Å². The third-order valence-electron chi connectivity index (χ3n) is 8.60. The zero-order valence-corrected chi connectivity index (χ0v) is 22.7. The molecule has 5 nitrogen and oxygen atoms in total. The molecule has 0 aliphatic rings. The van der Waals surface area contributed by atoms with E-state index in [-0.39, 0.29) is 0 Å². The number of furan rings is 1. The van der Waals surface area contributed by atoms with E-state index in [1.807, 2.05) is 24.3 Å². The Morgan fingerprint density at radius 2 is 1.05 bits per heavy atom. The summed E-state index contributed by atoms with van der Waals surface area (Å²) >= 11 is 0. The Labute approximate surface area is 245 Å². The van der Waals surface area contributed by atoms with Crippen LogP contribution < -0.4 is 0 Å². The number of rotatable bonds is 2. The van der Waals surface area contributed by atoms with Gasteiger partial charge in [0, 0.05) is 38.3 Å². The van der Waals surface area contributed by atoms with E-state index in [1.165, 1.54) is 10.8 Å². The van der Waals surface area contributed by atoms with E-state index in [0.717, 1.165) is 66.2 Å². The van der Waals surface area contributed by atoms with Crippen molar-refractivity contribution in [1.29, 1.82) is 10.5 Å². The standard InChI is InChI=1S/C38H20N4O/c39-21-23-13-14-25(19-24(23)22-40)42-34-17-15-26(41-32-10-4-1-7-27(32)28-8-2-5-11-33(28)41)20-31(34)37-35(42)18-16-30-29-9-3-6-12-36(29)43-38(30)37/h1-20H. The molecule has 0 amide bonds. The van der Waals surface area contributed by atoms with Crippen LogP contribution in [0.4, 0.5) is 0 Å². The van der Waals surface area contributed by atoms with Gasteiger partial charge < -0.3 is 13.6 Å². The maximum Gasteiger partial charge on any atom is 0.145 e. The van der Waals surface area contributed by atoms with Crippen LogP contribution in [0.15, 0.2) is 126 Å². The van der Waals surface area contributed by atoms with Crippen LogP contribution in [0.25, 0.3) is 76.9 Å². The van der Waals surface area contributed by atoms with E-state index >= 15 is 0 Å². The molecule has 0 aliphatic heterocycles. The average molecular weight is 549 g/mol. The Bertz CT molecular complexity index is 2650. The normalized spacial score (nSPS) is 11.7. The lowest BCUT2D eigenvalue weighted by Gasteiger charge is -2.11. The lowest BCUT2D eigenvalue weighted by atomic mass is 10.1. The predicted octanol–water partition coefficient (Wildman–Crippen LogP) is 9.52. The molecule has 5 heteroatoms. The van der Waals surface area contributed by atoms with Crippen molar-refractivity contribution in [1.82, 2.24) is 9.13 Å². The summed E-state index contributed by atoms with van der Waals surface area (Å²) in [5.41, 5.74) is 8.49. The third-order valence-corrected chi connectivity index (χ3v) is 8.60. The van der Waals surface area contributed by atoms with Crippen molar-refractivity contribution in [3.63, 3.8) is 0 Å². The van der Waals surface area contributed by atoms with E-state index in [0.29, 0.717) is 11.1 Å². The van der Waals surface area contributed by atoms with Crippen molar-refractivity contribution < 1.29 is 4.42 Å². The van der Waals surface area contributed by atoms with Crippen LogP contribution in [0, 0.1) is 22.7 Å². The fourth-order valence-electron chi connectivity index (χ4n) is 6.75. The van der Waals surface area contributed by atoms with E-state index < -0.39 is 0 Å². The van der Waals surface area contributed by atoms with Crippen LogP contribution >= 0.6 is 0 Å². The maximum atomic E-state index is 9.81. The van der Waals surface area contributed by atoms with Gasteiger partial charge in [-0.15, -0.1) is 0 Å². The number of benzene rings is 6. The van der Waals surface area contributed by atoms with E-state index in [2.05, 4.69) is 106 Å². The van der Waals surface area contributed by atoms with Gasteiger partial charge in [0.15, 0.2) is 0 Å². The highest BCUT2D eigenvalue weighted by molar-refractivity contribution is 6.24. The molecule has 0 spiro atoms. The molecule has 0 bridgehead atoms. The molecule has 6 aromatic carbocycles. The van der Waals surface area contributed by atoms with Crippen molar-refractivity contribution in [3.05, 3.63) is 132 Å². The number of aromatic nitrogens is 2. The van der Waals surface area contributed by atoms with Gasteiger partial charge in [0.25, 0.3) is 0 Å². The van der Waals surface area contributed by atoms with Crippen LogP contribution in [0.5, 0.6) is 0 Å². The Kier molecular flexibility index (Phi) is 4.68. The molecule has 0 aliphatic carbocycles. The van der Waals surface area contributed by atoms with Gasteiger partial charge >= 0.3 is 0 Å². The van der Waals surface area contributed by atoms with Gasteiger partial charge in [0.2, 0.25) is 0 Å². The molecule has 0 saturated carbocycles. The second kappa shape index (κ2) is 8.60. The predicted molar refractivity (Wildman–Crippen MR) is 172 cm³/mol. The Morgan fingerprint density at radius 3 is 1.79 bits per heavy atom. The molecule has 9 aromatic rings. The topological polar surface area (TPSA) is 70.6 Å². The summed E-state index contributed by atoms with van der Waals surface area (Å²) in [6.07, 6.45) is 0. The number of nitrogens with zero attached hydrogens (tertiary/aromatic N) is 4. The highest BCUT2D eigenvalue weighted by Crippen LogP contribution is 2.42. The van der Waals surface area contributed by atoms with Gasteiger partial charge in [-0.3, -0.25) is 0 Å². The number of hydrogen-bond donors (Lipinski definition) is 0. The Morgan fingerprint density at radius 1 is 0.465 bits per heavy atom. The Balaban J connectivity index is 1.44. The summed E-state index contributed by atoms with van der Waals surface area (Å²) in [5, 5.41) is 26.0. The fraction of sp³-hybridized carbons (Fsp3) is 0. The van der Waals surface area contributed by atoms with Crippen LogP contribution in [-0.2, 0) is 0 Å². The fourth-order valence-corrected chi connectivity index (χ4v) is 6.75.